The maximum Gasteiger partial charge on any atom is 0.271 e. The molecule has 174 valence electrons. The lowest BCUT2D eigenvalue weighted by molar-refractivity contribution is 0.402. The van der Waals surface area contributed by atoms with E-state index in [0.29, 0.717) is 19.9 Å². The Balaban J connectivity index is 1.66. The first-order valence-corrected chi connectivity index (χ1v) is 12.5. The summed E-state index contributed by atoms with van der Waals surface area (Å²) in [6, 6.07) is 20.6. The van der Waals surface area contributed by atoms with Gasteiger partial charge in [0.15, 0.2) is 4.80 Å². The van der Waals surface area contributed by atoms with E-state index in [9.17, 15) is 9.90 Å². The molecule has 1 N–H and O–H groups in total. The first-order chi connectivity index (χ1) is 17.0. The van der Waals surface area contributed by atoms with Gasteiger partial charge in [-0.3, -0.25) is 9.36 Å². The minimum absolute atomic E-state index is 0.0646. The highest BCUT2D eigenvalue weighted by Gasteiger charge is 2.33. The van der Waals surface area contributed by atoms with Crippen LogP contribution in [0.2, 0.25) is 5.02 Å². The zero-order valence-electron chi connectivity index (χ0n) is 18.9. The van der Waals surface area contributed by atoms with Gasteiger partial charge in [-0.05, 0) is 54.3 Å². The highest BCUT2D eigenvalue weighted by atomic mass is 35.5. The molecule has 3 aromatic carbocycles. The molecule has 1 aromatic heterocycles. The number of fused-ring (bicyclic) bond motifs is 3. The van der Waals surface area contributed by atoms with E-state index in [1.807, 2.05) is 30.3 Å². The molecule has 2 heterocycles. The second-order valence-corrected chi connectivity index (χ2v) is 10.0. The number of rotatable bonds is 3. The summed E-state index contributed by atoms with van der Waals surface area (Å²) in [4.78, 5) is 19.5. The summed E-state index contributed by atoms with van der Waals surface area (Å²) in [5.41, 5.74) is 5.67. The Hall–Kier alpha value is -3.61. The summed E-state index contributed by atoms with van der Waals surface area (Å²) in [6.07, 6.45) is 3.37. The van der Waals surface area contributed by atoms with Gasteiger partial charge in [-0.25, -0.2) is 4.99 Å². The molecule has 7 heteroatoms. The summed E-state index contributed by atoms with van der Waals surface area (Å²) in [5, 5.41) is 10.8. The Morgan fingerprint density at radius 3 is 2.77 bits per heavy atom. The molecule has 0 saturated heterocycles. The van der Waals surface area contributed by atoms with Crippen molar-refractivity contribution >= 4 is 34.7 Å². The number of aromatic nitrogens is 1. The summed E-state index contributed by atoms with van der Waals surface area (Å²) in [6.45, 7) is 0. The van der Waals surface area contributed by atoms with Gasteiger partial charge >= 0.3 is 0 Å². The molecule has 0 amide bonds. The molecule has 0 bridgehead atoms. The topological polar surface area (TPSA) is 63.8 Å². The Kier molecular flexibility index (Phi) is 5.35. The van der Waals surface area contributed by atoms with Crippen molar-refractivity contribution in [3.63, 3.8) is 0 Å². The van der Waals surface area contributed by atoms with Crippen LogP contribution in [0.4, 0.5) is 0 Å². The number of halogens is 1. The molecule has 0 fully saturated rings. The molecule has 35 heavy (non-hydrogen) atoms. The van der Waals surface area contributed by atoms with E-state index < -0.39 is 0 Å². The molecule has 4 aromatic rings. The van der Waals surface area contributed by atoms with E-state index in [0.717, 1.165) is 41.0 Å². The molecule has 2 aliphatic rings. The quantitative estimate of drug-likeness (QED) is 0.444. The van der Waals surface area contributed by atoms with Gasteiger partial charge in [0.2, 0.25) is 0 Å². The molecular formula is C28H21ClN2O3S. The number of para-hydroxylation sites is 1. The predicted molar refractivity (Wildman–Crippen MR) is 139 cm³/mol. The lowest BCUT2D eigenvalue weighted by atomic mass is 9.83. The predicted octanol–water partition coefficient (Wildman–Crippen LogP) is 4.69. The number of phenols is 1. The molecule has 0 spiro atoms. The molecule has 0 unspecified atom stereocenters. The SMILES string of the molecule is COc1ccccc1[C@@H]1C2=C(N=c3s/c(=C/c4cc(Cl)ccc4O)c(=O)n31)c1ccccc1CC2. The van der Waals surface area contributed by atoms with Crippen LogP contribution in [-0.2, 0) is 6.42 Å². The number of nitrogens with zero attached hydrogens (tertiary/aromatic N) is 2. The molecule has 6 rings (SSSR count). The van der Waals surface area contributed by atoms with Crippen LogP contribution in [0, 0.1) is 0 Å². The van der Waals surface area contributed by atoms with Crippen LogP contribution in [0.1, 0.15) is 34.7 Å². The number of aromatic hydroxyl groups is 1. The van der Waals surface area contributed by atoms with Crippen LogP contribution in [0.3, 0.4) is 0 Å². The van der Waals surface area contributed by atoms with E-state index in [-0.39, 0.29) is 17.4 Å². The first-order valence-electron chi connectivity index (χ1n) is 11.3. The van der Waals surface area contributed by atoms with Crippen LogP contribution < -0.4 is 19.6 Å². The van der Waals surface area contributed by atoms with Gasteiger partial charge < -0.3 is 9.84 Å². The summed E-state index contributed by atoms with van der Waals surface area (Å²) in [5.74, 6) is 0.793. The van der Waals surface area contributed by atoms with E-state index >= 15 is 0 Å². The van der Waals surface area contributed by atoms with Crippen LogP contribution in [0.5, 0.6) is 11.5 Å². The number of thiazole rings is 1. The number of hydrogen-bond donors (Lipinski definition) is 1. The number of allylic oxidation sites excluding steroid dienone is 1. The third-order valence-corrected chi connectivity index (χ3v) is 7.80. The first kappa shape index (κ1) is 21.9. The largest absolute Gasteiger partial charge is 0.507 e. The van der Waals surface area contributed by atoms with Gasteiger partial charge in [-0.15, -0.1) is 0 Å². The van der Waals surface area contributed by atoms with E-state index in [4.69, 9.17) is 21.3 Å². The minimum Gasteiger partial charge on any atom is -0.507 e. The Morgan fingerprint density at radius 1 is 1.11 bits per heavy atom. The highest BCUT2D eigenvalue weighted by Crippen LogP contribution is 2.43. The van der Waals surface area contributed by atoms with Gasteiger partial charge in [0, 0.05) is 21.7 Å². The Bertz CT molecular complexity index is 1700. The van der Waals surface area contributed by atoms with Crippen molar-refractivity contribution in [1.29, 1.82) is 0 Å². The van der Waals surface area contributed by atoms with Crippen molar-refractivity contribution in [2.24, 2.45) is 4.99 Å². The van der Waals surface area contributed by atoms with Crippen LogP contribution >= 0.6 is 22.9 Å². The maximum atomic E-state index is 13.8. The lowest BCUT2D eigenvalue weighted by Gasteiger charge is -2.31. The smallest absolute Gasteiger partial charge is 0.271 e. The number of methoxy groups -OCH3 is 1. The van der Waals surface area contributed by atoms with Crippen molar-refractivity contribution in [3.8, 4) is 11.5 Å². The van der Waals surface area contributed by atoms with Gasteiger partial charge in [0.05, 0.1) is 23.4 Å². The third-order valence-electron chi connectivity index (χ3n) is 6.58. The number of aryl methyl sites for hydroxylation is 1. The van der Waals surface area contributed by atoms with Gasteiger partial charge in [0.25, 0.3) is 5.56 Å². The monoisotopic (exact) mass is 500 g/mol. The summed E-state index contributed by atoms with van der Waals surface area (Å²) in [7, 11) is 1.65. The van der Waals surface area contributed by atoms with Gasteiger partial charge in [0.1, 0.15) is 11.5 Å². The fourth-order valence-corrected chi connectivity index (χ4v) is 6.15. The second-order valence-electron chi connectivity index (χ2n) is 8.56. The molecule has 1 aliphatic carbocycles. The fourth-order valence-electron chi connectivity index (χ4n) is 4.97. The average molecular weight is 501 g/mol. The molecule has 0 radical (unpaired) electrons. The van der Waals surface area contributed by atoms with E-state index in [1.54, 1.807) is 29.9 Å². The molecule has 0 saturated carbocycles. The van der Waals surface area contributed by atoms with Crippen LogP contribution in [-0.4, -0.2) is 16.8 Å². The Labute approximate surface area is 210 Å². The van der Waals surface area contributed by atoms with Crippen molar-refractivity contribution in [3.05, 3.63) is 119 Å². The van der Waals surface area contributed by atoms with Crippen LogP contribution in [0.15, 0.2) is 82.1 Å². The lowest BCUT2D eigenvalue weighted by Crippen LogP contribution is -2.39. The minimum atomic E-state index is -0.333. The van der Waals surface area contributed by atoms with E-state index in [2.05, 4.69) is 18.2 Å². The second kappa shape index (κ2) is 8.56. The van der Waals surface area contributed by atoms with Gasteiger partial charge in [-0.2, -0.15) is 0 Å². The molecule has 1 atom stereocenters. The normalized spacial score (nSPS) is 16.9. The maximum absolute atomic E-state index is 13.8. The van der Waals surface area contributed by atoms with Crippen molar-refractivity contribution in [1.82, 2.24) is 4.57 Å². The number of benzene rings is 3. The summed E-state index contributed by atoms with van der Waals surface area (Å²) >= 11 is 7.45. The van der Waals surface area contributed by atoms with Crippen molar-refractivity contribution in [2.75, 3.05) is 7.11 Å². The number of phenolic OH excluding ortho intramolecular Hbond substituents is 1. The molecule has 1 aliphatic heterocycles. The molecule has 5 nitrogen and oxygen atoms in total. The highest BCUT2D eigenvalue weighted by molar-refractivity contribution is 7.07. The fraction of sp³-hybridized carbons (Fsp3) is 0.143. The van der Waals surface area contributed by atoms with Gasteiger partial charge in [-0.1, -0.05) is 65.4 Å². The average Bonchev–Trinajstić information content (AvgIpc) is 3.19. The standard InChI is InChI=1S/C28H21ClN2O3S/c1-34-23-9-5-4-8-20(23)26-21-12-10-16-6-2-3-7-19(16)25(21)30-28-31(26)27(33)24(35-28)15-17-14-18(29)11-13-22(17)32/h2-9,11,13-15,26,32H,10,12H2,1H3/b24-15+/t26-/m1/s1. The van der Waals surface area contributed by atoms with E-state index in [1.165, 1.54) is 23.0 Å². The third kappa shape index (κ3) is 3.61. The number of hydrogen-bond acceptors (Lipinski definition) is 5. The number of ether oxygens (including phenoxy) is 1. The zero-order valence-corrected chi connectivity index (χ0v) is 20.4. The van der Waals surface area contributed by atoms with Crippen LogP contribution in [0.25, 0.3) is 11.8 Å². The van der Waals surface area contributed by atoms with Crippen molar-refractivity contribution in [2.45, 2.75) is 18.9 Å². The molecular weight excluding hydrogens is 480 g/mol. The zero-order chi connectivity index (χ0) is 24.1. The van der Waals surface area contributed by atoms with Crippen molar-refractivity contribution < 1.29 is 9.84 Å². The Morgan fingerprint density at radius 2 is 1.91 bits per heavy atom. The summed E-state index contributed by atoms with van der Waals surface area (Å²) < 4.78 is 7.96.